The molecule has 3 heterocycles. The molecule has 26 heavy (non-hydrogen) atoms. The number of ether oxygens (including phenoxy) is 5. The van der Waals surface area contributed by atoms with E-state index in [0.29, 0.717) is 6.42 Å². The summed E-state index contributed by atoms with van der Waals surface area (Å²) in [6, 6.07) is 0. The molecule has 7 nitrogen and oxygen atoms in total. The summed E-state index contributed by atoms with van der Waals surface area (Å²) >= 11 is 0. The zero-order valence-electron chi connectivity index (χ0n) is 16.0. The lowest BCUT2D eigenvalue weighted by Crippen LogP contribution is -2.39. The molecular formula is C19H26O7. The minimum atomic E-state index is -1.09. The second kappa shape index (κ2) is 5.30. The smallest absolute Gasteiger partial charge is 0.350 e. The standard InChI is InChI=1S/C19H26O7/c1-9(2)7-19(8-17(19,3)4)16(21)24-12-10-11(22-14(12)20)13-15(23-10)26-18(5,6)25-13/h7,10-13,15H,8H2,1-6H3. The first-order valence-electron chi connectivity index (χ1n) is 9.05. The van der Waals surface area contributed by atoms with Crippen LogP contribution in [-0.4, -0.2) is 48.4 Å². The Morgan fingerprint density at radius 2 is 1.77 bits per heavy atom. The Balaban J connectivity index is 1.51. The van der Waals surface area contributed by atoms with Gasteiger partial charge in [-0.2, -0.15) is 0 Å². The van der Waals surface area contributed by atoms with Crippen LogP contribution in [0, 0.1) is 10.8 Å². The molecule has 3 saturated heterocycles. The summed E-state index contributed by atoms with van der Waals surface area (Å²) in [5.41, 5.74) is 0.135. The van der Waals surface area contributed by atoms with E-state index >= 15 is 0 Å². The molecule has 4 fully saturated rings. The van der Waals surface area contributed by atoms with Crippen LogP contribution in [0.3, 0.4) is 0 Å². The van der Waals surface area contributed by atoms with Gasteiger partial charge in [-0.25, -0.2) is 4.79 Å². The first-order chi connectivity index (χ1) is 12.0. The van der Waals surface area contributed by atoms with Gasteiger partial charge in [0.2, 0.25) is 6.10 Å². The van der Waals surface area contributed by atoms with Crippen molar-refractivity contribution < 1.29 is 33.3 Å². The number of hydrogen-bond acceptors (Lipinski definition) is 7. The van der Waals surface area contributed by atoms with Crippen LogP contribution in [-0.2, 0) is 33.3 Å². The van der Waals surface area contributed by atoms with Gasteiger partial charge in [0.15, 0.2) is 24.3 Å². The Morgan fingerprint density at radius 1 is 1.12 bits per heavy atom. The normalized spacial score (nSPS) is 44.1. The van der Waals surface area contributed by atoms with Crippen molar-refractivity contribution in [1.29, 1.82) is 0 Å². The fourth-order valence-corrected chi connectivity index (χ4v) is 4.35. The number of hydrogen-bond donors (Lipinski definition) is 0. The Hall–Kier alpha value is -1.44. The monoisotopic (exact) mass is 366 g/mol. The second-order valence-electron chi connectivity index (χ2n) is 9.05. The summed E-state index contributed by atoms with van der Waals surface area (Å²) in [5.74, 6) is -1.80. The Bertz CT molecular complexity index is 690. The first-order valence-corrected chi connectivity index (χ1v) is 9.05. The molecule has 0 N–H and O–H groups in total. The zero-order chi connectivity index (χ0) is 19.1. The molecule has 0 bridgehead atoms. The third kappa shape index (κ3) is 2.52. The van der Waals surface area contributed by atoms with Crippen LogP contribution >= 0.6 is 0 Å². The molecule has 6 unspecified atom stereocenters. The molecule has 4 aliphatic rings. The fourth-order valence-electron chi connectivity index (χ4n) is 4.35. The van der Waals surface area contributed by atoms with Crippen LogP contribution in [0.1, 0.15) is 48.0 Å². The maximum absolute atomic E-state index is 12.9. The largest absolute Gasteiger partial charge is 0.454 e. The SMILES string of the molecule is CC(C)=CC1(C(=O)OC2C(=O)OC3C4OC(C)(C)OC4OC23)CC1(C)C. The zero-order valence-corrected chi connectivity index (χ0v) is 16.0. The van der Waals surface area contributed by atoms with Gasteiger partial charge in [0.05, 0.1) is 5.41 Å². The lowest BCUT2D eigenvalue weighted by molar-refractivity contribution is -0.217. The molecule has 1 saturated carbocycles. The van der Waals surface area contributed by atoms with E-state index in [2.05, 4.69) is 0 Å². The molecule has 0 aromatic rings. The average Bonchev–Trinajstić information content (AvgIpc) is 2.75. The maximum atomic E-state index is 12.9. The van der Waals surface area contributed by atoms with Crippen molar-refractivity contribution in [1.82, 2.24) is 0 Å². The van der Waals surface area contributed by atoms with Crippen molar-refractivity contribution >= 4 is 11.9 Å². The van der Waals surface area contributed by atoms with E-state index in [0.717, 1.165) is 5.57 Å². The summed E-state index contributed by atoms with van der Waals surface area (Å²) in [6.07, 6.45) is -0.933. The summed E-state index contributed by atoms with van der Waals surface area (Å²) in [6.45, 7) is 11.5. The molecule has 7 heteroatoms. The lowest BCUT2D eigenvalue weighted by Gasteiger charge is -2.23. The van der Waals surface area contributed by atoms with Crippen LogP contribution in [0.5, 0.6) is 0 Å². The van der Waals surface area contributed by atoms with Gasteiger partial charge >= 0.3 is 11.9 Å². The topological polar surface area (TPSA) is 80.3 Å². The van der Waals surface area contributed by atoms with Gasteiger partial charge in [-0.15, -0.1) is 0 Å². The molecule has 144 valence electrons. The highest BCUT2D eigenvalue weighted by atomic mass is 16.8. The quantitative estimate of drug-likeness (QED) is 0.559. The van der Waals surface area contributed by atoms with Gasteiger partial charge < -0.3 is 23.7 Å². The summed E-state index contributed by atoms with van der Waals surface area (Å²) in [4.78, 5) is 25.2. The number of allylic oxidation sites excluding steroid dienone is 1. The van der Waals surface area contributed by atoms with Gasteiger partial charge in [0.1, 0.15) is 6.10 Å². The van der Waals surface area contributed by atoms with Crippen molar-refractivity contribution in [2.45, 2.75) is 84.5 Å². The van der Waals surface area contributed by atoms with Crippen molar-refractivity contribution in [3.8, 4) is 0 Å². The van der Waals surface area contributed by atoms with E-state index in [1.807, 2.05) is 33.8 Å². The van der Waals surface area contributed by atoms with Gasteiger partial charge in [-0.3, -0.25) is 4.79 Å². The highest BCUT2D eigenvalue weighted by Gasteiger charge is 2.69. The predicted molar refractivity (Wildman–Crippen MR) is 88.7 cm³/mol. The lowest BCUT2D eigenvalue weighted by atomic mass is 9.93. The van der Waals surface area contributed by atoms with Crippen molar-refractivity contribution in [3.63, 3.8) is 0 Å². The third-order valence-corrected chi connectivity index (χ3v) is 5.75. The van der Waals surface area contributed by atoms with Crippen LogP contribution in [0.2, 0.25) is 0 Å². The van der Waals surface area contributed by atoms with Crippen LogP contribution in [0.4, 0.5) is 0 Å². The summed E-state index contributed by atoms with van der Waals surface area (Å²) in [5, 5.41) is 0. The molecule has 1 aliphatic carbocycles. The molecule has 0 radical (unpaired) electrons. The van der Waals surface area contributed by atoms with Gasteiger partial charge in [-0.1, -0.05) is 25.5 Å². The van der Waals surface area contributed by atoms with Gasteiger partial charge in [-0.05, 0) is 39.5 Å². The molecular weight excluding hydrogens is 340 g/mol. The molecule has 0 aromatic heterocycles. The van der Waals surface area contributed by atoms with E-state index in [1.165, 1.54) is 0 Å². The van der Waals surface area contributed by atoms with E-state index in [-0.39, 0.29) is 5.41 Å². The van der Waals surface area contributed by atoms with Gasteiger partial charge in [0, 0.05) is 0 Å². The second-order valence-corrected chi connectivity index (χ2v) is 9.05. The number of carbonyl (C=O) groups excluding carboxylic acids is 2. The Kier molecular flexibility index (Phi) is 3.66. The van der Waals surface area contributed by atoms with E-state index in [1.54, 1.807) is 13.8 Å². The third-order valence-electron chi connectivity index (χ3n) is 5.75. The molecule has 4 rings (SSSR count). The van der Waals surface area contributed by atoms with E-state index < -0.39 is 53.8 Å². The summed E-state index contributed by atoms with van der Waals surface area (Å²) < 4.78 is 28.3. The van der Waals surface area contributed by atoms with E-state index in [4.69, 9.17) is 23.7 Å². The molecule has 6 atom stereocenters. The number of carbonyl (C=O) groups is 2. The van der Waals surface area contributed by atoms with Crippen LogP contribution in [0.15, 0.2) is 11.6 Å². The number of fused-ring (bicyclic) bond motifs is 3. The number of rotatable bonds is 3. The van der Waals surface area contributed by atoms with E-state index in [9.17, 15) is 9.59 Å². The van der Waals surface area contributed by atoms with Gasteiger partial charge in [0.25, 0.3) is 0 Å². The Morgan fingerprint density at radius 3 is 2.35 bits per heavy atom. The highest BCUT2D eigenvalue weighted by Crippen LogP contribution is 2.65. The minimum Gasteiger partial charge on any atom is -0.454 e. The molecule has 3 aliphatic heterocycles. The Labute approximate surface area is 152 Å². The molecule has 0 amide bonds. The molecule has 0 aromatic carbocycles. The average molecular weight is 366 g/mol. The van der Waals surface area contributed by atoms with Crippen molar-refractivity contribution in [3.05, 3.63) is 11.6 Å². The van der Waals surface area contributed by atoms with Crippen LogP contribution in [0.25, 0.3) is 0 Å². The first kappa shape index (κ1) is 17.9. The molecule has 0 spiro atoms. The number of esters is 2. The minimum absolute atomic E-state index is 0.202. The summed E-state index contributed by atoms with van der Waals surface area (Å²) in [7, 11) is 0. The highest BCUT2D eigenvalue weighted by molar-refractivity contribution is 5.88. The van der Waals surface area contributed by atoms with Crippen molar-refractivity contribution in [2.75, 3.05) is 0 Å². The van der Waals surface area contributed by atoms with Crippen LogP contribution < -0.4 is 0 Å². The van der Waals surface area contributed by atoms with Crippen molar-refractivity contribution in [2.24, 2.45) is 10.8 Å². The fraction of sp³-hybridized carbons (Fsp3) is 0.789. The predicted octanol–water partition coefficient (Wildman–Crippen LogP) is 2.08. The maximum Gasteiger partial charge on any atom is 0.350 e.